The highest BCUT2D eigenvalue weighted by Gasteiger charge is 2.00. The van der Waals surface area contributed by atoms with E-state index in [1.54, 1.807) is 13.0 Å². The largest absolute Gasteiger partial charge is 0.478 e. The van der Waals surface area contributed by atoms with Crippen molar-refractivity contribution in [1.82, 2.24) is 5.32 Å². The van der Waals surface area contributed by atoms with Crippen LogP contribution in [0.5, 0.6) is 0 Å². The first-order valence-corrected chi connectivity index (χ1v) is 11.1. The number of nitrogens with two attached hydrogens (primary N) is 1. The molecule has 0 bridgehead atoms. The molecule has 0 unspecified atom stereocenters. The molecule has 0 saturated heterocycles. The molecule has 0 saturated carbocycles. The molecule has 1 amide bonds. The van der Waals surface area contributed by atoms with Gasteiger partial charge in [-0.05, 0) is 45.7 Å². The van der Waals surface area contributed by atoms with Crippen LogP contribution >= 0.6 is 0 Å². The van der Waals surface area contributed by atoms with Crippen molar-refractivity contribution in [1.29, 1.82) is 0 Å². The normalized spacial score (nSPS) is 10.1. The van der Waals surface area contributed by atoms with Crippen molar-refractivity contribution in [3.63, 3.8) is 0 Å². The van der Waals surface area contributed by atoms with Gasteiger partial charge in [-0.2, -0.15) is 0 Å². The third kappa shape index (κ3) is 32.5. The Hall–Kier alpha value is -2.41. The second-order valence-corrected chi connectivity index (χ2v) is 7.11. The SMILES string of the molecule is C=C(CCCCCCCC)C(N)=O.C=CC(=O)O.CCCCNCCC=C(C)C(=O)O. The zero-order chi connectivity index (χ0) is 24.5. The van der Waals surface area contributed by atoms with Crippen molar-refractivity contribution in [3.05, 3.63) is 36.5 Å². The molecule has 0 atom stereocenters. The molecule has 0 aromatic rings. The molecule has 180 valence electrons. The van der Waals surface area contributed by atoms with Crippen LogP contribution in [0.4, 0.5) is 0 Å². The zero-order valence-electron chi connectivity index (χ0n) is 19.8. The topological polar surface area (TPSA) is 130 Å². The third-order valence-electron chi connectivity index (χ3n) is 4.17. The van der Waals surface area contributed by atoms with Gasteiger partial charge in [0, 0.05) is 17.2 Å². The molecule has 0 aliphatic heterocycles. The Kier molecular flexibility index (Phi) is 27.5. The lowest BCUT2D eigenvalue weighted by atomic mass is 10.1. The Morgan fingerprint density at radius 1 is 0.935 bits per heavy atom. The molecule has 0 aromatic heterocycles. The van der Waals surface area contributed by atoms with Crippen LogP contribution in [0, 0.1) is 0 Å². The van der Waals surface area contributed by atoms with Gasteiger partial charge in [-0.25, -0.2) is 9.59 Å². The Bertz CT molecular complexity index is 542. The molecule has 7 heteroatoms. The Balaban J connectivity index is -0.000000416. The number of amides is 1. The van der Waals surface area contributed by atoms with Crippen LogP contribution in [-0.2, 0) is 14.4 Å². The predicted molar refractivity (Wildman–Crippen MR) is 128 cm³/mol. The number of hydrogen-bond acceptors (Lipinski definition) is 4. The molecule has 31 heavy (non-hydrogen) atoms. The number of rotatable bonds is 16. The van der Waals surface area contributed by atoms with E-state index >= 15 is 0 Å². The van der Waals surface area contributed by atoms with Crippen LogP contribution in [0.15, 0.2) is 36.5 Å². The molecule has 0 rings (SSSR count). The van der Waals surface area contributed by atoms with E-state index in [4.69, 9.17) is 15.9 Å². The highest BCUT2D eigenvalue weighted by Crippen LogP contribution is 2.10. The first-order valence-electron chi connectivity index (χ1n) is 11.1. The van der Waals surface area contributed by atoms with Crippen LogP contribution in [0.1, 0.15) is 85.0 Å². The van der Waals surface area contributed by atoms with Gasteiger partial charge in [-0.3, -0.25) is 4.79 Å². The van der Waals surface area contributed by atoms with E-state index in [0.717, 1.165) is 38.4 Å². The monoisotopic (exact) mass is 440 g/mol. The number of carboxylic acid groups (broad SMARTS) is 2. The standard InChI is InChI=1S/C11H21NO.C10H19NO2.C3H4O2/c1-3-4-5-6-7-8-9-10(2)11(12)13;1-3-4-7-11-8-5-6-9(2)10(12)13;1-2-3(4)5/h2-9H2,1H3,(H2,12,13);6,11H,3-5,7-8H2,1-2H3,(H,12,13);2H,1H2,(H,4,5). The summed E-state index contributed by atoms with van der Waals surface area (Å²) in [5, 5.41) is 19.4. The van der Waals surface area contributed by atoms with Crippen molar-refractivity contribution in [2.45, 2.75) is 85.0 Å². The van der Waals surface area contributed by atoms with E-state index in [1.165, 1.54) is 44.9 Å². The van der Waals surface area contributed by atoms with Crippen LogP contribution in [-0.4, -0.2) is 41.1 Å². The Labute approximate surface area is 188 Å². The number of primary amides is 1. The maximum Gasteiger partial charge on any atom is 0.330 e. The minimum atomic E-state index is -0.981. The lowest BCUT2D eigenvalue weighted by Crippen LogP contribution is -2.16. The first-order chi connectivity index (χ1) is 14.6. The number of nitrogens with one attached hydrogen (secondary N) is 1. The van der Waals surface area contributed by atoms with Gasteiger partial charge in [-0.15, -0.1) is 0 Å². The predicted octanol–water partition coefficient (Wildman–Crippen LogP) is 4.83. The summed E-state index contributed by atoms with van der Waals surface area (Å²) in [6.07, 6.45) is 13.9. The fourth-order valence-electron chi connectivity index (χ4n) is 2.15. The van der Waals surface area contributed by atoms with Crippen LogP contribution in [0.3, 0.4) is 0 Å². The summed E-state index contributed by atoms with van der Waals surface area (Å²) in [5.74, 6) is -2.16. The van der Waals surface area contributed by atoms with Gasteiger partial charge >= 0.3 is 11.9 Å². The van der Waals surface area contributed by atoms with Crippen LogP contribution in [0.2, 0.25) is 0 Å². The van der Waals surface area contributed by atoms with Gasteiger partial charge in [0.15, 0.2) is 0 Å². The zero-order valence-corrected chi connectivity index (χ0v) is 19.8. The van der Waals surface area contributed by atoms with Gasteiger partial charge in [-0.1, -0.05) is 71.6 Å². The molecule has 0 heterocycles. The number of carbonyl (C=O) groups excluding carboxylic acids is 1. The Morgan fingerprint density at radius 2 is 1.45 bits per heavy atom. The summed E-state index contributed by atoms with van der Waals surface area (Å²) < 4.78 is 0. The number of carboxylic acids is 2. The van der Waals surface area contributed by atoms with E-state index in [1.807, 2.05) is 0 Å². The number of carbonyl (C=O) groups is 3. The van der Waals surface area contributed by atoms with Crippen molar-refractivity contribution in [2.75, 3.05) is 13.1 Å². The summed E-state index contributed by atoms with van der Waals surface area (Å²) in [5.41, 5.74) is 6.05. The number of hydrogen-bond donors (Lipinski definition) is 4. The van der Waals surface area contributed by atoms with E-state index in [2.05, 4.69) is 32.3 Å². The van der Waals surface area contributed by atoms with E-state index in [0.29, 0.717) is 11.1 Å². The van der Waals surface area contributed by atoms with Crippen LogP contribution < -0.4 is 11.1 Å². The summed E-state index contributed by atoms with van der Waals surface area (Å²) in [6, 6.07) is 0. The van der Waals surface area contributed by atoms with Crippen molar-refractivity contribution < 1.29 is 24.6 Å². The molecule has 0 aliphatic rings. The minimum absolute atomic E-state index is 0.353. The van der Waals surface area contributed by atoms with Crippen molar-refractivity contribution in [3.8, 4) is 0 Å². The molecule has 0 spiro atoms. The third-order valence-corrected chi connectivity index (χ3v) is 4.17. The van der Waals surface area contributed by atoms with E-state index in [-0.39, 0.29) is 5.91 Å². The molecule has 0 aliphatic carbocycles. The molecular formula is C24H44N2O5. The van der Waals surface area contributed by atoms with E-state index < -0.39 is 11.9 Å². The molecule has 0 fully saturated rings. The van der Waals surface area contributed by atoms with Crippen molar-refractivity contribution in [2.24, 2.45) is 5.73 Å². The minimum Gasteiger partial charge on any atom is -0.478 e. The maximum absolute atomic E-state index is 10.6. The summed E-state index contributed by atoms with van der Waals surface area (Å²) in [7, 11) is 0. The second kappa shape index (κ2) is 25.6. The Morgan fingerprint density at radius 3 is 1.90 bits per heavy atom. The maximum atomic E-state index is 10.6. The highest BCUT2D eigenvalue weighted by molar-refractivity contribution is 5.91. The molecule has 7 nitrogen and oxygen atoms in total. The highest BCUT2D eigenvalue weighted by atomic mass is 16.4. The fourth-order valence-corrected chi connectivity index (χ4v) is 2.15. The lowest BCUT2D eigenvalue weighted by Gasteiger charge is -2.01. The first kappa shape index (κ1) is 33.2. The number of unbranched alkanes of at least 4 members (excludes halogenated alkanes) is 6. The quantitative estimate of drug-likeness (QED) is 0.201. The molecule has 0 radical (unpaired) electrons. The number of aliphatic carboxylic acids is 2. The summed E-state index contributed by atoms with van der Waals surface area (Å²) in [6.45, 7) is 14.4. The summed E-state index contributed by atoms with van der Waals surface area (Å²) >= 11 is 0. The molecular weight excluding hydrogens is 396 g/mol. The fraction of sp³-hybridized carbons (Fsp3) is 0.625. The second-order valence-electron chi connectivity index (χ2n) is 7.11. The molecule has 5 N–H and O–H groups in total. The summed E-state index contributed by atoms with van der Waals surface area (Å²) in [4.78, 5) is 30.2. The van der Waals surface area contributed by atoms with Crippen molar-refractivity contribution >= 4 is 17.8 Å². The van der Waals surface area contributed by atoms with E-state index in [9.17, 15) is 14.4 Å². The van der Waals surface area contributed by atoms with Gasteiger partial charge in [0.05, 0.1) is 0 Å². The average molecular weight is 441 g/mol. The van der Waals surface area contributed by atoms with Gasteiger partial charge in [0.2, 0.25) is 5.91 Å². The van der Waals surface area contributed by atoms with Gasteiger partial charge in [0.1, 0.15) is 0 Å². The van der Waals surface area contributed by atoms with Gasteiger partial charge < -0.3 is 21.3 Å². The van der Waals surface area contributed by atoms with Crippen LogP contribution in [0.25, 0.3) is 0 Å². The average Bonchev–Trinajstić information content (AvgIpc) is 2.73. The smallest absolute Gasteiger partial charge is 0.330 e. The lowest BCUT2D eigenvalue weighted by molar-refractivity contribution is -0.133. The molecule has 0 aromatic carbocycles. The van der Waals surface area contributed by atoms with Gasteiger partial charge in [0.25, 0.3) is 0 Å².